The van der Waals surface area contributed by atoms with E-state index >= 15 is 0 Å². The van der Waals surface area contributed by atoms with E-state index in [2.05, 4.69) is 14.9 Å². The number of carboxylic acids is 1. The molecule has 2 N–H and O–H groups in total. The normalized spacial score (nSPS) is 12.1. The average Bonchev–Trinajstić information content (AvgIpc) is 2.94. The summed E-state index contributed by atoms with van der Waals surface area (Å²) in [6, 6.07) is 7.46. The first-order valence-electron chi connectivity index (χ1n) is 6.41. The Hall–Kier alpha value is -2.28. The molecule has 1 unspecified atom stereocenters. The highest BCUT2D eigenvalue weighted by molar-refractivity contribution is 7.08. The zero-order chi connectivity index (χ0) is 15.4. The van der Waals surface area contributed by atoms with Crippen molar-refractivity contribution in [3.8, 4) is 0 Å². The predicted octanol–water partition coefficient (Wildman–Crippen LogP) is 2.22. The van der Waals surface area contributed by atoms with Crippen molar-refractivity contribution in [2.75, 3.05) is 0 Å². The van der Waals surface area contributed by atoms with Crippen LogP contribution in [-0.4, -0.2) is 26.6 Å². The summed E-state index contributed by atoms with van der Waals surface area (Å²) in [5, 5.41) is 15.8. The number of carboxylic acid groups (broad SMARTS) is 1. The van der Waals surface area contributed by atoms with E-state index < -0.39 is 17.9 Å². The van der Waals surface area contributed by atoms with Crippen LogP contribution < -0.4 is 5.32 Å². The summed E-state index contributed by atoms with van der Waals surface area (Å²) < 4.78 is 3.77. The van der Waals surface area contributed by atoms with Crippen LogP contribution in [0.25, 0.3) is 0 Å². The van der Waals surface area contributed by atoms with E-state index in [0.717, 1.165) is 11.5 Å². The van der Waals surface area contributed by atoms with Gasteiger partial charge in [-0.1, -0.05) is 48.7 Å². The lowest BCUT2D eigenvalue weighted by Crippen LogP contribution is -2.33. The molecule has 7 heteroatoms. The highest BCUT2D eigenvalue weighted by Crippen LogP contribution is 2.21. The molecule has 0 spiro atoms. The van der Waals surface area contributed by atoms with Crippen molar-refractivity contribution in [1.82, 2.24) is 14.9 Å². The number of aromatic nitrogens is 2. The molecule has 1 heterocycles. The molecule has 0 aliphatic heterocycles. The molecule has 0 saturated heterocycles. The Labute approximate surface area is 126 Å². The molecule has 1 aromatic heterocycles. The van der Waals surface area contributed by atoms with Crippen LogP contribution in [0.2, 0.25) is 0 Å². The Kier molecular flexibility index (Phi) is 4.64. The van der Waals surface area contributed by atoms with Crippen molar-refractivity contribution >= 4 is 23.4 Å². The number of hydrogen-bond acceptors (Lipinski definition) is 5. The third-order valence-corrected chi connectivity index (χ3v) is 3.66. The Morgan fingerprint density at radius 1 is 1.24 bits per heavy atom. The molecule has 0 radical (unpaired) electrons. The molecule has 21 heavy (non-hydrogen) atoms. The molecular weight excluding hydrogens is 290 g/mol. The first kappa shape index (κ1) is 15.1. The molecule has 0 aliphatic rings. The van der Waals surface area contributed by atoms with Gasteiger partial charge in [-0.15, -0.1) is 5.10 Å². The van der Waals surface area contributed by atoms with Crippen molar-refractivity contribution in [2.45, 2.75) is 25.8 Å². The number of benzene rings is 1. The number of aliphatic carboxylic acids is 1. The van der Waals surface area contributed by atoms with Crippen LogP contribution in [0, 0.1) is 0 Å². The first-order valence-corrected chi connectivity index (χ1v) is 7.19. The lowest BCUT2D eigenvalue weighted by Gasteiger charge is -2.14. The maximum Gasteiger partial charge on any atom is 0.330 e. The van der Waals surface area contributed by atoms with E-state index in [-0.39, 0.29) is 5.92 Å². The molecule has 0 bridgehead atoms. The van der Waals surface area contributed by atoms with Crippen LogP contribution in [0.15, 0.2) is 30.3 Å². The van der Waals surface area contributed by atoms with E-state index in [1.54, 1.807) is 30.3 Å². The second kappa shape index (κ2) is 6.45. The average molecular weight is 305 g/mol. The second-order valence-corrected chi connectivity index (χ2v) is 5.55. The standard InChI is InChI=1S/C14H15N3O3S/c1-8(2)10-12(21-17-16-10)13(18)15-11(14(19)20)9-6-4-3-5-7-9/h3-8,11H,1-2H3,(H,15,18)(H,19,20). The summed E-state index contributed by atoms with van der Waals surface area (Å²) in [7, 11) is 0. The zero-order valence-electron chi connectivity index (χ0n) is 11.6. The lowest BCUT2D eigenvalue weighted by atomic mass is 10.1. The summed E-state index contributed by atoms with van der Waals surface area (Å²) in [5.74, 6) is -1.53. The molecule has 1 aromatic carbocycles. The topological polar surface area (TPSA) is 92.2 Å². The fraction of sp³-hybridized carbons (Fsp3) is 0.286. The summed E-state index contributed by atoms with van der Waals surface area (Å²) in [6.07, 6.45) is 0. The predicted molar refractivity (Wildman–Crippen MR) is 78.3 cm³/mol. The molecule has 0 aliphatic carbocycles. The van der Waals surface area contributed by atoms with Crippen molar-refractivity contribution in [2.24, 2.45) is 0 Å². The molecule has 110 valence electrons. The van der Waals surface area contributed by atoms with Gasteiger partial charge >= 0.3 is 5.97 Å². The van der Waals surface area contributed by atoms with Crippen LogP contribution in [0.5, 0.6) is 0 Å². The van der Waals surface area contributed by atoms with Crippen molar-refractivity contribution in [1.29, 1.82) is 0 Å². The van der Waals surface area contributed by atoms with Crippen LogP contribution in [0.3, 0.4) is 0 Å². The van der Waals surface area contributed by atoms with Crippen LogP contribution >= 0.6 is 11.5 Å². The minimum atomic E-state index is -1.11. The second-order valence-electron chi connectivity index (χ2n) is 4.80. The van der Waals surface area contributed by atoms with Gasteiger partial charge in [0.25, 0.3) is 5.91 Å². The Balaban J connectivity index is 2.24. The third kappa shape index (κ3) is 3.43. The van der Waals surface area contributed by atoms with Crippen molar-refractivity contribution < 1.29 is 14.7 Å². The molecule has 0 fully saturated rings. The zero-order valence-corrected chi connectivity index (χ0v) is 12.4. The Morgan fingerprint density at radius 3 is 2.48 bits per heavy atom. The number of amides is 1. The van der Waals surface area contributed by atoms with E-state index in [1.807, 2.05) is 13.8 Å². The van der Waals surface area contributed by atoms with Crippen molar-refractivity contribution in [3.05, 3.63) is 46.5 Å². The number of carbonyl (C=O) groups excluding carboxylic acids is 1. The minimum Gasteiger partial charge on any atom is -0.479 e. The molecule has 2 aromatic rings. The van der Waals surface area contributed by atoms with Gasteiger partial charge in [-0.2, -0.15) is 0 Å². The number of carbonyl (C=O) groups is 2. The number of hydrogen-bond donors (Lipinski definition) is 2. The van der Waals surface area contributed by atoms with E-state index in [0.29, 0.717) is 16.1 Å². The van der Waals surface area contributed by atoms with Crippen LogP contribution in [0.1, 0.15) is 46.7 Å². The first-order chi connectivity index (χ1) is 10.0. The summed E-state index contributed by atoms with van der Waals surface area (Å²) >= 11 is 0.969. The van der Waals surface area contributed by atoms with E-state index in [4.69, 9.17) is 0 Å². The van der Waals surface area contributed by atoms with Gasteiger partial charge in [0.2, 0.25) is 0 Å². The van der Waals surface area contributed by atoms with Gasteiger partial charge in [-0.05, 0) is 23.0 Å². The van der Waals surface area contributed by atoms with Gasteiger partial charge in [-0.25, -0.2) is 4.79 Å². The summed E-state index contributed by atoms with van der Waals surface area (Å²) in [6.45, 7) is 3.80. The van der Waals surface area contributed by atoms with Gasteiger partial charge in [0, 0.05) is 0 Å². The molecule has 0 saturated carbocycles. The molecule has 2 rings (SSSR count). The number of nitrogens with one attached hydrogen (secondary N) is 1. The van der Waals surface area contributed by atoms with E-state index in [9.17, 15) is 14.7 Å². The highest BCUT2D eigenvalue weighted by atomic mass is 32.1. The molecular formula is C14H15N3O3S. The van der Waals surface area contributed by atoms with Gasteiger partial charge in [-0.3, -0.25) is 4.79 Å². The summed E-state index contributed by atoms with van der Waals surface area (Å²) in [4.78, 5) is 24.0. The third-order valence-electron chi connectivity index (χ3n) is 2.92. The SMILES string of the molecule is CC(C)c1nnsc1C(=O)NC(C(=O)O)c1ccccc1. The molecule has 6 nitrogen and oxygen atoms in total. The monoisotopic (exact) mass is 305 g/mol. The number of rotatable bonds is 5. The van der Waals surface area contributed by atoms with Gasteiger partial charge in [0.05, 0.1) is 5.69 Å². The number of nitrogens with zero attached hydrogens (tertiary/aromatic N) is 2. The van der Waals surface area contributed by atoms with E-state index in [1.165, 1.54) is 0 Å². The minimum absolute atomic E-state index is 0.0458. The largest absolute Gasteiger partial charge is 0.479 e. The highest BCUT2D eigenvalue weighted by Gasteiger charge is 2.26. The fourth-order valence-corrected chi connectivity index (χ4v) is 2.58. The van der Waals surface area contributed by atoms with Crippen LogP contribution in [-0.2, 0) is 4.79 Å². The Morgan fingerprint density at radius 2 is 1.90 bits per heavy atom. The molecule has 1 atom stereocenters. The smallest absolute Gasteiger partial charge is 0.330 e. The van der Waals surface area contributed by atoms with Gasteiger partial charge in [0.15, 0.2) is 6.04 Å². The fourth-order valence-electron chi connectivity index (χ4n) is 1.86. The lowest BCUT2D eigenvalue weighted by molar-refractivity contribution is -0.139. The van der Waals surface area contributed by atoms with Gasteiger partial charge in [0.1, 0.15) is 4.88 Å². The quantitative estimate of drug-likeness (QED) is 0.883. The molecule has 1 amide bonds. The summed E-state index contributed by atoms with van der Waals surface area (Å²) in [5.41, 5.74) is 1.09. The van der Waals surface area contributed by atoms with Crippen molar-refractivity contribution in [3.63, 3.8) is 0 Å². The van der Waals surface area contributed by atoms with Crippen LogP contribution in [0.4, 0.5) is 0 Å². The Bertz CT molecular complexity index is 640. The van der Waals surface area contributed by atoms with Gasteiger partial charge < -0.3 is 10.4 Å². The maximum atomic E-state index is 12.3. The maximum absolute atomic E-state index is 12.3.